The highest BCUT2D eigenvalue weighted by atomic mass is 35.5. The number of ether oxygens (including phenoxy) is 1. The van der Waals surface area contributed by atoms with Crippen molar-refractivity contribution in [3.8, 4) is 11.5 Å². The van der Waals surface area contributed by atoms with Crippen LogP contribution in [0.1, 0.15) is 29.2 Å². The van der Waals surface area contributed by atoms with Gasteiger partial charge in [0.25, 0.3) is 5.91 Å². The van der Waals surface area contributed by atoms with Gasteiger partial charge >= 0.3 is 10.1 Å². The van der Waals surface area contributed by atoms with Gasteiger partial charge < -0.3 is 8.92 Å². The molecule has 0 unspecified atom stereocenters. The smallest absolute Gasteiger partial charge is 0.339 e. The molecule has 1 aliphatic rings. The number of amides is 1. The molecule has 5 rings (SSSR count). The van der Waals surface area contributed by atoms with Crippen LogP contribution < -0.4 is 13.8 Å². The molecule has 1 aliphatic heterocycles. The van der Waals surface area contributed by atoms with Crippen LogP contribution in [0.5, 0.6) is 11.5 Å². The first-order valence-corrected chi connectivity index (χ1v) is 17.7. The van der Waals surface area contributed by atoms with Crippen molar-refractivity contribution in [1.82, 2.24) is 0 Å². The van der Waals surface area contributed by atoms with E-state index in [0.717, 1.165) is 11.1 Å². The van der Waals surface area contributed by atoms with Crippen molar-refractivity contribution >= 4 is 85.2 Å². The van der Waals surface area contributed by atoms with E-state index >= 15 is 0 Å². The zero-order chi connectivity index (χ0) is 33.9. The highest BCUT2D eigenvalue weighted by Crippen LogP contribution is 2.41. The van der Waals surface area contributed by atoms with Crippen LogP contribution in [0.25, 0.3) is 6.08 Å². The molecular formula is C35H29Cl3N2O5S2. The van der Waals surface area contributed by atoms with E-state index in [1.54, 1.807) is 43.3 Å². The van der Waals surface area contributed by atoms with Crippen molar-refractivity contribution in [2.45, 2.75) is 32.1 Å². The van der Waals surface area contributed by atoms with Gasteiger partial charge in [-0.3, -0.25) is 9.69 Å². The van der Waals surface area contributed by atoms with E-state index in [1.165, 1.54) is 40.9 Å². The van der Waals surface area contributed by atoms with E-state index in [4.69, 9.17) is 48.7 Å². The number of nitrogens with zero attached hydrogens (tertiary/aromatic N) is 2. The summed E-state index contributed by atoms with van der Waals surface area (Å²) in [6.45, 7) is 9.61. The summed E-state index contributed by atoms with van der Waals surface area (Å²) in [4.78, 5) is 20.6. The standard InChI is InChI=1S/C35H29Cl3N2O5S2/c1-5-7-24-16-23(17-31(44-6-2)33(24)45-47(42,43)28-14-10-25(36)11-15-28)18-32-34(41)40(27-13-9-22(4)30(38)20-27)35(46-32)39-26-12-8-21(3)29(37)19-26/h5,8-20H,1,6-7H2,2-4H3/b32-18+,39-35?. The van der Waals surface area contributed by atoms with Crippen LogP contribution in [0.2, 0.25) is 15.1 Å². The number of carbonyl (C=O) groups is 1. The molecule has 0 atom stereocenters. The van der Waals surface area contributed by atoms with Crippen molar-refractivity contribution in [3.63, 3.8) is 0 Å². The number of anilines is 1. The summed E-state index contributed by atoms with van der Waals surface area (Å²) in [6, 6.07) is 19.8. The van der Waals surface area contributed by atoms with Gasteiger partial charge in [-0.25, -0.2) is 4.99 Å². The van der Waals surface area contributed by atoms with Gasteiger partial charge in [-0.2, -0.15) is 8.42 Å². The molecule has 1 heterocycles. The monoisotopic (exact) mass is 726 g/mol. The second-order valence-corrected chi connectivity index (χ2v) is 14.2. The van der Waals surface area contributed by atoms with Crippen LogP contribution in [0.3, 0.4) is 0 Å². The van der Waals surface area contributed by atoms with Crippen molar-refractivity contribution in [3.05, 3.63) is 128 Å². The molecule has 12 heteroatoms. The molecule has 0 bridgehead atoms. The first-order valence-electron chi connectivity index (χ1n) is 14.4. The van der Waals surface area contributed by atoms with Crippen LogP contribution in [-0.4, -0.2) is 26.1 Å². The second kappa shape index (κ2) is 14.6. The number of aryl methyl sites for hydroxylation is 2. The number of allylic oxidation sites excluding steroid dienone is 1. The SMILES string of the molecule is C=CCc1cc(/C=C2/SC(=Nc3ccc(C)c(Cl)c3)N(c3ccc(C)c(Cl)c3)C2=O)cc(OCC)c1OS(=O)(=O)c1ccc(Cl)cc1. The summed E-state index contributed by atoms with van der Waals surface area (Å²) in [5, 5.41) is 1.87. The quantitative estimate of drug-likeness (QED) is 0.0919. The van der Waals surface area contributed by atoms with Crippen molar-refractivity contribution in [2.75, 3.05) is 11.5 Å². The molecule has 4 aromatic carbocycles. The Hall–Kier alpha value is -3.73. The zero-order valence-electron chi connectivity index (χ0n) is 25.6. The van der Waals surface area contributed by atoms with Gasteiger partial charge in [0, 0.05) is 20.6 Å². The number of thioether (sulfide) groups is 1. The number of hydrogen-bond acceptors (Lipinski definition) is 7. The lowest BCUT2D eigenvalue weighted by atomic mass is 10.0. The second-order valence-electron chi connectivity index (χ2n) is 10.4. The molecule has 0 aromatic heterocycles. The van der Waals surface area contributed by atoms with Crippen LogP contribution in [-0.2, 0) is 21.3 Å². The number of benzene rings is 4. The molecule has 1 saturated heterocycles. The number of aliphatic imine (C=N–C) groups is 1. The topological polar surface area (TPSA) is 85.3 Å². The molecule has 0 saturated carbocycles. The van der Waals surface area contributed by atoms with Gasteiger partial charge in [0.05, 0.1) is 22.9 Å². The molecule has 242 valence electrons. The molecule has 0 radical (unpaired) electrons. The number of carbonyl (C=O) groups excluding carboxylic acids is 1. The van der Waals surface area contributed by atoms with Crippen LogP contribution >= 0.6 is 46.6 Å². The summed E-state index contributed by atoms with van der Waals surface area (Å²) in [6.07, 6.45) is 3.59. The molecular weight excluding hydrogens is 699 g/mol. The number of rotatable bonds is 10. The average Bonchev–Trinajstić information content (AvgIpc) is 3.32. The van der Waals surface area contributed by atoms with Crippen molar-refractivity contribution < 1.29 is 22.1 Å². The van der Waals surface area contributed by atoms with E-state index in [9.17, 15) is 13.2 Å². The Balaban J connectivity index is 1.59. The Morgan fingerprint density at radius 3 is 2.26 bits per heavy atom. The summed E-state index contributed by atoms with van der Waals surface area (Å²) < 4.78 is 38.0. The third-order valence-electron chi connectivity index (χ3n) is 7.01. The normalized spacial score (nSPS) is 15.0. The third-order valence-corrected chi connectivity index (χ3v) is 10.3. The van der Waals surface area contributed by atoms with Gasteiger partial charge in [0.2, 0.25) is 0 Å². The summed E-state index contributed by atoms with van der Waals surface area (Å²) >= 11 is 20.0. The number of hydrogen-bond donors (Lipinski definition) is 0. The fourth-order valence-electron chi connectivity index (χ4n) is 4.60. The maximum absolute atomic E-state index is 14.0. The minimum Gasteiger partial charge on any atom is -0.490 e. The lowest BCUT2D eigenvalue weighted by molar-refractivity contribution is -0.113. The zero-order valence-corrected chi connectivity index (χ0v) is 29.5. The van der Waals surface area contributed by atoms with Crippen LogP contribution in [0, 0.1) is 13.8 Å². The highest BCUT2D eigenvalue weighted by molar-refractivity contribution is 8.19. The van der Waals surface area contributed by atoms with E-state index in [-0.39, 0.29) is 35.3 Å². The van der Waals surface area contributed by atoms with Gasteiger partial charge in [0.15, 0.2) is 16.7 Å². The molecule has 0 aliphatic carbocycles. The lowest BCUT2D eigenvalue weighted by Crippen LogP contribution is -2.28. The Labute approximate surface area is 293 Å². The van der Waals surface area contributed by atoms with E-state index in [0.29, 0.717) is 47.6 Å². The number of halogens is 3. The Bertz CT molecular complexity index is 2050. The largest absolute Gasteiger partial charge is 0.490 e. The summed E-state index contributed by atoms with van der Waals surface area (Å²) in [5.41, 5.74) is 3.98. The van der Waals surface area contributed by atoms with E-state index in [2.05, 4.69) is 6.58 Å². The molecule has 0 N–H and O–H groups in total. The predicted molar refractivity (Wildman–Crippen MR) is 193 cm³/mol. The maximum Gasteiger partial charge on any atom is 0.339 e. The highest BCUT2D eigenvalue weighted by Gasteiger charge is 2.35. The minimum absolute atomic E-state index is 0.0312. The van der Waals surface area contributed by atoms with Crippen LogP contribution in [0.15, 0.2) is 100 Å². The molecule has 1 fully saturated rings. The summed E-state index contributed by atoms with van der Waals surface area (Å²) in [7, 11) is -4.23. The fraction of sp³-hybridized carbons (Fsp3) is 0.143. The van der Waals surface area contributed by atoms with Gasteiger partial charge in [-0.15, -0.1) is 6.58 Å². The minimum atomic E-state index is -4.23. The Morgan fingerprint density at radius 1 is 0.936 bits per heavy atom. The van der Waals surface area contributed by atoms with E-state index in [1.807, 2.05) is 38.1 Å². The summed E-state index contributed by atoms with van der Waals surface area (Å²) in [5.74, 6) is -0.0959. The molecule has 4 aromatic rings. The predicted octanol–water partition coefficient (Wildman–Crippen LogP) is 9.97. The maximum atomic E-state index is 14.0. The average molecular weight is 728 g/mol. The number of amidine groups is 1. The fourth-order valence-corrected chi connectivity index (χ4v) is 7.05. The van der Waals surface area contributed by atoms with Gasteiger partial charge in [0.1, 0.15) is 4.90 Å². The van der Waals surface area contributed by atoms with E-state index < -0.39 is 10.1 Å². The molecule has 1 amide bonds. The molecule has 7 nitrogen and oxygen atoms in total. The molecule has 0 spiro atoms. The lowest BCUT2D eigenvalue weighted by Gasteiger charge is -2.17. The van der Waals surface area contributed by atoms with Gasteiger partial charge in [-0.1, -0.05) is 53.0 Å². The third kappa shape index (κ3) is 7.88. The Kier molecular flexibility index (Phi) is 10.7. The molecule has 47 heavy (non-hydrogen) atoms. The van der Waals surface area contributed by atoms with Gasteiger partial charge in [-0.05, 0) is 122 Å². The first-order chi connectivity index (χ1) is 22.4. The van der Waals surface area contributed by atoms with Crippen molar-refractivity contribution in [2.24, 2.45) is 4.99 Å². The van der Waals surface area contributed by atoms with Crippen LogP contribution in [0.4, 0.5) is 11.4 Å². The Morgan fingerprint density at radius 2 is 1.62 bits per heavy atom. The first kappa shape index (κ1) is 34.6. The van der Waals surface area contributed by atoms with Crippen molar-refractivity contribution in [1.29, 1.82) is 0 Å².